The van der Waals surface area contributed by atoms with Crippen molar-refractivity contribution in [3.05, 3.63) is 29.3 Å². The number of alkyl carbamates (subject to hydrolysis) is 1. The molecule has 0 saturated heterocycles. The van der Waals surface area contributed by atoms with Crippen molar-refractivity contribution in [2.24, 2.45) is 0 Å². The van der Waals surface area contributed by atoms with Crippen LogP contribution >= 0.6 is 0 Å². The second-order valence-corrected chi connectivity index (χ2v) is 9.62. The lowest BCUT2D eigenvalue weighted by Gasteiger charge is -2.36. The van der Waals surface area contributed by atoms with E-state index in [1.54, 1.807) is 66.7 Å². The van der Waals surface area contributed by atoms with Gasteiger partial charge >= 0.3 is 6.09 Å². The molecule has 186 valence electrons. The predicted molar refractivity (Wildman–Crippen MR) is 129 cm³/mol. The molecule has 0 spiro atoms. The highest BCUT2D eigenvalue weighted by molar-refractivity contribution is 5.92. The zero-order valence-corrected chi connectivity index (χ0v) is 21.3. The van der Waals surface area contributed by atoms with E-state index in [-0.39, 0.29) is 17.7 Å². The van der Waals surface area contributed by atoms with Gasteiger partial charge in [0.15, 0.2) is 0 Å². The molecule has 0 radical (unpaired) electrons. The van der Waals surface area contributed by atoms with Crippen molar-refractivity contribution < 1.29 is 24.2 Å². The molecule has 8 heteroatoms. The number of nitrogens with zero attached hydrogens (tertiary/aromatic N) is 1. The summed E-state index contributed by atoms with van der Waals surface area (Å²) < 4.78 is 5.26. The Balaban J connectivity index is 3.29. The third kappa shape index (κ3) is 8.59. The molecule has 0 aliphatic carbocycles. The Kier molecular flexibility index (Phi) is 10.7. The minimum Gasteiger partial charge on any atom is -0.507 e. The second-order valence-electron chi connectivity index (χ2n) is 9.62. The van der Waals surface area contributed by atoms with E-state index < -0.39 is 29.7 Å². The van der Waals surface area contributed by atoms with E-state index >= 15 is 0 Å². The molecular formula is C25H41N3O5. The van der Waals surface area contributed by atoms with Crippen molar-refractivity contribution in [2.75, 3.05) is 6.54 Å². The number of nitrogens with one attached hydrogen (secondary N) is 2. The molecule has 0 aliphatic rings. The van der Waals surface area contributed by atoms with Gasteiger partial charge in [0.25, 0.3) is 0 Å². The third-order valence-corrected chi connectivity index (χ3v) is 5.08. The van der Waals surface area contributed by atoms with Gasteiger partial charge in [0.2, 0.25) is 11.8 Å². The summed E-state index contributed by atoms with van der Waals surface area (Å²) in [4.78, 5) is 40.4. The summed E-state index contributed by atoms with van der Waals surface area (Å²) in [7, 11) is 0. The fourth-order valence-electron chi connectivity index (χ4n) is 3.45. The van der Waals surface area contributed by atoms with Crippen molar-refractivity contribution >= 4 is 17.9 Å². The fraction of sp³-hybridized carbons (Fsp3) is 0.640. The zero-order valence-electron chi connectivity index (χ0n) is 21.3. The summed E-state index contributed by atoms with van der Waals surface area (Å²) in [6.07, 6.45) is 2.10. The van der Waals surface area contributed by atoms with Crippen LogP contribution in [-0.2, 0) is 14.3 Å². The molecule has 0 fully saturated rings. The molecule has 33 heavy (non-hydrogen) atoms. The molecule has 3 N–H and O–H groups in total. The lowest BCUT2D eigenvalue weighted by molar-refractivity contribution is -0.144. The molecule has 1 aromatic carbocycles. The molecule has 0 heterocycles. The Morgan fingerprint density at radius 3 is 2.30 bits per heavy atom. The summed E-state index contributed by atoms with van der Waals surface area (Å²) in [5, 5.41) is 16.2. The topological polar surface area (TPSA) is 108 Å². The molecule has 0 aliphatic heterocycles. The first kappa shape index (κ1) is 28.3. The molecular weight excluding hydrogens is 422 g/mol. The van der Waals surface area contributed by atoms with Gasteiger partial charge in [0.1, 0.15) is 23.4 Å². The van der Waals surface area contributed by atoms with Crippen molar-refractivity contribution in [3.8, 4) is 5.75 Å². The lowest BCUT2D eigenvalue weighted by Crippen LogP contribution is -2.54. The van der Waals surface area contributed by atoms with Crippen LogP contribution in [0.4, 0.5) is 4.79 Å². The molecule has 1 rings (SSSR count). The van der Waals surface area contributed by atoms with E-state index in [0.717, 1.165) is 19.3 Å². The van der Waals surface area contributed by atoms with E-state index in [1.807, 2.05) is 0 Å². The first-order valence-corrected chi connectivity index (χ1v) is 11.7. The number of hydrogen-bond acceptors (Lipinski definition) is 5. The van der Waals surface area contributed by atoms with Gasteiger partial charge in [-0.2, -0.15) is 0 Å². The molecule has 0 saturated carbocycles. The molecule has 2 atom stereocenters. The van der Waals surface area contributed by atoms with E-state index in [4.69, 9.17) is 4.74 Å². The maximum Gasteiger partial charge on any atom is 0.408 e. The number of hydrogen-bond donors (Lipinski definition) is 3. The van der Waals surface area contributed by atoms with Crippen LogP contribution in [0, 0.1) is 6.92 Å². The van der Waals surface area contributed by atoms with Crippen LogP contribution in [0.3, 0.4) is 0 Å². The van der Waals surface area contributed by atoms with Gasteiger partial charge < -0.3 is 25.4 Å². The number of aromatic hydroxyl groups is 1. The second kappa shape index (κ2) is 12.5. The van der Waals surface area contributed by atoms with Crippen LogP contribution in [0.5, 0.6) is 5.75 Å². The van der Waals surface area contributed by atoms with Crippen molar-refractivity contribution in [2.45, 2.75) is 98.4 Å². The van der Waals surface area contributed by atoms with Crippen LogP contribution in [0.1, 0.15) is 84.9 Å². The highest BCUT2D eigenvalue weighted by atomic mass is 16.6. The Morgan fingerprint density at radius 1 is 1.12 bits per heavy atom. The number of aryl methyl sites for hydroxylation is 1. The quantitative estimate of drug-likeness (QED) is 0.451. The molecule has 2 unspecified atom stereocenters. The number of unbranched alkanes of at least 4 members (excludes halogenated alkanes) is 2. The van der Waals surface area contributed by atoms with E-state index in [9.17, 15) is 19.5 Å². The SMILES string of the molecule is CCCCCNC(=O)C(c1cccc(C)c1O)N(C(=O)C(C)NC(=O)OC(C)(C)C)C(C)C. The summed E-state index contributed by atoms with van der Waals surface area (Å²) in [6.45, 7) is 14.6. The molecule has 8 nitrogen and oxygen atoms in total. The zero-order chi connectivity index (χ0) is 25.3. The number of carbonyl (C=O) groups is 3. The van der Waals surface area contributed by atoms with Crippen LogP contribution in [0.15, 0.2) is 18.2 Å². The number of amides is 3. The summed E-state index contributed by atoms with van der Waals surface area (Å²) in [5.74, 6) is -0.860. The van der Waals surface area contributed by atoms with Gasteiger partial charge in [-0.15, -0.1) is 0 Å². The van der Waals surface area contributed by atoms with Gasteiger partial charge in [-0.25, -0.2) is 4.79 Å². The number of para-hydroxylation sites is 1. The van der Waals surface area contributed by atoms with Crippen molar-refractivity contribution in [3.63, 3.8) is 0 Å². The minimum absolute atomic E-state index is 0.0302. The number of phenols is 1. The number of ether oxygens (including phenoxy) is 1. The monoisotopic (exact) mass is 463 g/mol. The Bertz CT molecular complexity index is 817. The van der Waals surface area contributed by atoms with Gasteiger partial charge in [0.05, 0.1) is 0 Å². The highest BCUT2D eigenvalue weighted by Crippen LogP contribution is 2.33. The lowest BCUT2D eigenvalue weighted by atomic mass is 9.98. The van der Waals surface area contributed by atoms with Crippen LogP contribution < -0.4 is 10.6 Å². The molecule has 0 bridgehead atoms. The van der Waals surface area contributed by atoms with E-state index in [1.165, 1.54) is 4.90 Å². The largest absolute Gasteiger partial charge is 0.507 e. The van der Waals surface area contributed by atoms with E-state index in [2.05, 4.69) is 17.6 Å². The van der Waals surface area contributed by atoms with Gasteiger partial charge in [-0.05, 0) is 60.5 Å². The summed E-state index contributed by atoms with van der Waals surface area (Å²) in [6, 6.07) is 2.75. The molecule has 3 amide bonds. The third-order valence-electron chi connectivity index (χ3n) is 5.08. The Labute approximate surface area is 198 Å². The standard InChI is InChI=1S/C25H41N3O5/c1-9-10-11-15-26-22(30)20(19-14-12-13-17(4)21(19)29)28(16(2)3)23(31)18(5)27-24(32)33-25(6,7)8/h12-14,16,18,20,29H,9-11,15H2,1-8H3,(H,26,30)(H,27,32). The minimum atomic E-state index is -1.05. The fourth-order valence-corrected chi connectivity index (χ4v) is 3.45. The average molecular weight is 464 g/mol. The molecule has 0 aromatic heterocycles. The van der Waals surface area contributed by atoms with Gasteiger partial charge in [-0.3, -0.25) is 9.59 Å². The first-order chi connectivity index (χ1) is 15.3. The maximum atomic E-state index is 13.5. The first-order valence-electron chi connectivity index (χ1n) is 11.7. The highest BCUT2D eigenvalue weighted by Gasteiger charge is 2.37. The predicted octanol–water partition coefficient (Wildman–Crippen LogP) is 4.20. The normalized spacial score (nSPS) is 13.2. The summed E-state index contributed by atoms with van der Waals surface area (Å²) >= 11 is 0. The number of phenolic OH excluding ortho intramolecular Hbond substituents is 1. The van der Waals surface area contributed by atoms with Crippen molar-refractivity contribution in [1.29, 1.82) is 0 Å². The van der Waals surface area contributed by atoms with E-state index in [0.29, 0.717) is 17.7 Å². The maximum absolute atomic E-state index is 13.5. The van der Waals surface area contributed by atoms with Crippen LogP contribution in [0.25, 0.3) is 0 Å². The number of rotatable bonds is 10. The van der Waals surface area contributed by atoms with Gasteiger partial charge in [0, 0.05) is 18.2 Å². The number of carbonyl (C=O) groups excluding carboxylic acids is 3. The van der Waals surface area contributed by atoms with Gasteiger partial charge in [-0.1, -0.05) is 38.0 Å². The number of benzene rings is 1. The summed E-state index contributed by atoms with van der Waals surface area (Å²) in [5.41, 5.74) is 0.237. The smallest absolute Gasteiger partial charge is 0.408 e. The van der Waals surface area contributed by atoms with Crippen molar-refractivity contribution in [1.82, 2.24) is 15.5 Å². The Morgan fingerprint density at radius 2 is 1.76 bits per heavy atom. The average Bonchev–Trinajstić information content (AvgIpc) is 2.69. The van der Waals surface area contributed by atoms with Crippen LogP contribution in [0.2, 0.25) is 0 Å². The van der Waals surface area contributed by atoms with Crippen LogP contribution in [-0.4, -0.2) is 52.1 Å². The Hall–Kier alpha value is -2.77. The molecule has 1 aromatic rings.